The largest absolute Gasteiger partial charge is 0.497 e. The number of nitrogens with one attached hydrogen (secondary N) is 1. The number of hydrogen-bond donors (Lipinski definition) is 1. The third-order valence-corrected chi connectivity index (χ3v) is 7.42. The molecule has 0 aromatic heterocycles. The molecule has 0 bridgehead atoms. The van der Waals surface area contributed by atoms with Gasteiger partial charge in [0, 0.05) is 19.6 Å². The molecule has 1 N–H and O–H groups in total. The van der Waals surface area contributed by atoms with Gasteiger partial charge in [-0.1, -0.05) is 25.0 Å². The van der Waals surface area contributed by atoms with Gasteiger partial charge in [0.25, 0.3) is 5.91 Å². The zero-order valence-corrected chi connectivity index (χ0v) is 19.8. The van der Waals surface area contributed by atoms with Gasteiger partial charge in [-0.15, -0.1) is 0 Å². The lowest BCUT2D eigenvalue weighted by Gasteiger charge is -2.35. The van der Waals surface area contributed by atoms with E-state index in [-0.39, 0.29) is 12.5 Å². The summed E-state index contributed by atoms with van der Waals surface area (Å²) in [5, 5.41) is 2.77. The number of imide groups is 1. The average molecular weight is 457 g/mol. The van der Waals surface area contributed by atoms with Gasteiger partial charge in [-0.2, -0.15) is 0 Å². The first-order valence-electron chi connectivity index (χ1n) is 12.2. The molecule has 1 unspecified atom stereocenters. The van der Waals surface area contributed by atoms with E-state index < -0.39 is 17.5 Å². The van der Waals surface area contributed by atoms with Crippen molar-refractivity contribution >= 4 is 17.8 Å². The molecular weight excluding hydrogens is 420 g/mol. The van der Waals surface area contributed by atoms with Gasteiger partial charge in [0.2, 0.25) is 5.91 Å². The molecule has 3 fully saturated rings. The molecule has 0 saturated carbocycles. The number of amides is 4. The summed E-state index contributed by atoms with van der Waals surface area (Å²) >= 11 is 0. The van der Waals surface area contributed by atoms with Crippen molar-refractivity contribution in [3.63, 3.8) is 0 Å². The number of nitrogens with zero attached hydrogens (tertiary/aromatic N) is 3. The van der Waals surface area contributed by atoms with Gasteiger partial charge in [0.15, 0.2) is 0 Å². The Balaban J connectivity index is 1.31. The normalized spacial score (nSPS) is 25.2. The van der Waals surface area contributed by atoms with Crippen molar-refractivity contribution in [2.45, 2.75) is 51.0 Å². The summed E-state index contributed by atoms with van der Waals surface area (Å²) < 4.78 is 5.17. The number of rotatable bonds is 6. The van der Waals surface area contributed by atoms with Gasteiger partial charge in [0.05, 0.1) is 7.11 Å². The molecule has 4 rings (SSSR count). The SMILES string of the molecule is COc1ccc(C2(C)NC(=O)N(CC(=O)N3CCC(CN4CCCCCC4)CC3)C2=O)cc1. The van der Waals surface area contributed by atoms with Crippen molar-refractivity contribution < 1.29 is 19.1 Å². The molecule has 33 heavy (non-hydrogen) atoms. The van der Waals surface area contributed by atoms with E-state index in [0.717, 1.165) is 24.3 Å². The van der Waals surface area contributed by atoms with Crippen LogP contribution in [0.1, 0.15) is 51.0 Å². The van der Waals surface area contributed by atoms with Crippen molar-refractivity contribution in [3.8, 4) is 5.75 Å². The van der Waals surface area contributed by atoms with E-state index in [1.807, 2.05) is 4.90 Å². The number of urea groups is 1. The molecule has 3 aliphatic rings. The summed E-state index contributed by atoms with van der Waals surface area (Å²) in [6, 6.07) is 6.50. The Morgan fingerprint density at radius 2 is 1.67 bits per heavy atom. The predicted molar refractivity (Wildman–Crippen MR) is 125 cm³/mol. The molecule has 4 amide bonds. The lowest BCUT2D eigenvalue weighted by atomic mass is 9.92. The van der Waals surface area contributed by atoms with Crippen LogP contribution in [0, 0.1) is 5.92 Å². The fourth-order valence-electron chi connectivity index (χ4n) is 5.24. The van der Waals surface area contributed by atoms with Crippen LogP contribution in [0.15, 0.2) is 24.3 Å². The molecular formula is C25H36N4O4. The van der Waals surface area contributed by atoms with Gasteiger partial charge in [-0.3, -0.25) is 14.5 Å². The number of likely N-dealkylation sites (tertiary alicyclic amines) is 2. The number of carbonyl (C=O) groups is 3. The number of methoxy groups -OCH3 is 1. The van der Waals surface area contributed by atoms with Crippen molar-refractivity contribution in [1.29, 1.82) is 0 Å². The van der Waals surface area contributed by atoms with Gasteiger partial charge in [0.1, 0.15) is 17.8 Å². The average Bonchev–Trinajstić information content (AvgIpc) is 3.00. The molecule has 0 radical (unpaired) electrons. The van der Waals surface area contributed by atoms with Crippen molar-refractivity contribution in [2.24, 2.45) is 5.92 Å². The Bertz CT molecular complexity index is 858. The van der Waals surface area contributed by atoms with Crippen LogP contribution in [0.4, 0.5) is 4.79 Å². The van der Waals surface area contributed by atoms with E-state index in [1.54, 1.807) is 38.3 Å². The summed E-state index contributed by atoms with van der Waals surface area (Å²) in [6.45, 7) is 6.35. The number of hydrogen-bond acceptors (Lipinski definition) is 5. The van der Waals surface area contributed by atoms with E-state index in [4.69, 9.17) is 4.74 Å². The minimum Gasteiger partial charge on any atom is -0.497 e. The molecule has 3 heterocycles. The molecule has 1 aromatic carbocycles. The van der Waals surface area contributed by atoms with E-state index >= 15 is 0 Å². The first-order valence-corrected chi connectivity index (χ1v) is 12.2. The second-order valence-electron chi connectivity index (χ2n) is 9.71. The zero-order chi connectivity index (χ0) is 23.4. The van der Waals surface area contributed by atoms with Gasteiger partial charge < -0.3 is 19.9 Å². The van der Waals surface area contributed by atoms with Crippen LogP contribution in [0.5, 0.6) is 5.75 Å². The third kappa shape index (κ3) is 5.16. The molecule has 180 valence electrons. The number of ether oxygens (including phenoxy) is 1. The van der Waals surface area contributed by atoms with Crippen LogP contribution in [0.2, 0.25) is 0 Å². The number of benzene rings is 1. The van der Waals surface area contributed by atoms with Crippen LogP contribution in [0.25, 0.3) is 0 Å². The minimum atomic E-state index is -1.19. The molecule has 8 nitrogen and oxygen atoms in total. The van der Waals surface area contributed by atoms with Crippen molar-refractivity contribution in [2.75, 3.05) is 46.4 Å². The number of carbonyl (C=O) groups excluding carboxylic acids is 3. The maximum Gasteiger partial charge on any atom is 0.325 e. The van der Waals surface area contributed by atoms with Gasteiger partial charge >= 0.3 is 6.03 Å². The van der Waals surface area contributed by atoms with E-state index in [0.29, 0.717) is 30.3 Å². The summed E-state index contributed by atoms with van der Waals surface area (Å²) in [6.07, 6.45) is 7.21. The van der Waals surface area contributed by atoms with E-state index in [9.17, 15) is 14.4 Å². The highest BCUT2D eigenvalue weighted by Gasteiger charge is 2.49. The fourth-order valence-corrected chi connectivity index (χ4v) is 5.24. The first-order chi connectivity index (χ1) is 15.9. The maximum atomic E-state index is 13.1. The maximum absolute atomic E-state index is 13.1. The summed E-state index contributed by atoms with van der Waals surface area (Å²) in [7, 11) is 1.57. The summed E-state index contributed by atoms with van der Waals surface area (Å²) in [5.41, 5.74) is -0.532. The quantitative estimate of drug-likeness (QED) is 0.666. The monoisotopic (exact) mass is 456 g/mol. The topological polar surface area (TPSA) is 82.2 Å². The van der Waals surface area contributed by atoms with Gasteiger partial charge in [-0.25, -0.2) is 4.79 Å². The summed E-state index contributed by atoms with van der Waals surface area (Å²) in [5.74, 6) is 0.723. The van der Waals surface area contributed by atoms with Crippen LogP contribution in [-0.4, -0.2) is 78.9 Å². The Kier molecular flexibility index (Phi) is 7.22. The Morgan fingerprint density at radius 3 is 2.27 bits per heavy atom. The first kappa shape index (κ1) is 23.5. The Labute approximate surface area is 196 Å². The molecule has 3 aliphatic heterocycles. The minimum absolute atomic E-state index is 0.161. The zero-order valence-electron chi connectivity index (χ0n) is 19.8. The Morgan fingerprint density at radius 1 is 1.03 bits per heavy atom. The molecule has 1 atom stereocenters. The highest BCUT2D eigenvalue weighted by molar-refractivity contribution is 6.09. The highest BCUT2D eigenvalue weighted by atomic mass is 16.5. The second kappa shape index (κ2) is 10.1. The van der Waals surface area contributed by atoms with Crippen LogP contribution in [0.3, 0.4) is 0 Å². The number of piperidine rings is 1. The van der Waals surface area contributed by atoms with Gasteiger partial charge in [-0.05, 0) is 69.3 Å². The molecule has 3 saturated heterocycles. The standard InChI is InChI=1S/C25H36N4O4/c1-25(20-7-9-21(33-2)10-8-20)23(31)29(24(32)26-25)18-22(30)28-15-11-19(12-16-28)17-27-13-5-3-4-6-14-27/h7-10,19H,3-6,11-18H2,1-2H3,(H,26,32). The predicted octanol–water partition coefficient (Wildman–Crippen LogP) is 2.58. The van der Waals surface area contributed by atoms with E-state index in [1.165, 1.54) is 38.8 Å². The molecule has 0 spiro atoms. The Hall–Kier alpha value is -2.61. The highest BCUT2D eigenvalue weighted by Crippen LogP contribution is 2.30. The second-order valence-corrected chi connectivity index (χ2v) is 9.71. The molecule has 0 aliphatic carbocycles. The van der Waals surface area contributed by atoms with Crippen molar-refractivity contribution in [3.05, 3.63) is 29.8 Å². The van der Waals surface area contributed by atoms with Crippen LogP contribution in [-0.2, 0) is 15.1 Å². The van der Waals surface area contributed by atoms with Crippen LogP contribution >= 0.6 is 0 Å². The summed E-state index contributed by atoms with van der Waals surface area (Å²) in [4.78, 5) is 44.1. The lowest BCUT2D eigenvalue weighted by Crippen LogP contribution is -2.47. The van der Waals surface area contributed by atoms with E-state index in [2.05, 4.69) is 10.2 Å². The van der Waals surface area contributed by atoms with Crippen LogP contribution < -0.4 is 10.1 Å². The molecule has 1 aromatic rings. The third-order valence-electron chi connectivity index (χ3n) is 7.42. The smallest absolute Gasteiger partial charge is 0.325 e. The molecule has 8 heteroatoms. The lowest BCUT2D eigenvalue weighted by molar-refractivity contribution is -0.139. The fraction of sp³-hybridized carbons (Fsp3) is 0.640. The van der Waals surface area contributed by atoms with Crippen molar-refractivity contribution in [1.82, 2.24) is 20.0 Å².